The second kappa shape index (κ2) is 9.92. The molecule has 32 heavy (non-hydrogen) atoms. The van der Waals surface area contributed by atoms with E-state index in [4.69, 9.17) is 0 Å². The summed E-state index contributed by atoms with van der Waals surface area (Å²) in [6.07, 6.45) is 2.96. The third kappa shape index (κ3) is 4.65. The molecule has 5 nitrogen and oxygen atoms in total. The number of nitrogens with one attached hydrogen (secondary N) is 2. The maximum atomic E-state index is 12.6. The Labute approximate surface area is 192 Å². The Kier molecular flexibility index (Phi) is 6.81. The summed E-state index contributed by atoms with van der Waals surface area (Å²) in [5.74, 6) is 1.16. The van der Waals surface area contributed by atoms with Gasteiger partial charge in [-0.3, -0.25) is 4.79 Å². The molecule has 0 radical (unpaired) electrons. The van der Waals surface area contributed by atoms with Gasteiger partial charge in [-0.05, 0) is 36.5 Å². The van der Waals surface area contributed by atoms with E-state index in [1.807, 2.05) is 36.4 Å². The van der Waals surface area contributed by atoms with Crippen molar-refractivity contribution in [1.29, 1.82) is 0 Å². The molecule has 0 saturated carbocycles. The van der Waals surface area contributed by atoms with Crippen molar-refractivity contribution >= 4 is 39.0 Å². The fourth-order valence-electron chi connectivity index (χ4n) is 3.90. The second-order valence-electron chi connectivity index (χ2n) is 7.92. The van der Waals surface area contributed by atoms with E-state index >= 15 is 0 Å². The molecule has 2 heterocycles. The number of fused-ring (bicyclic) bond motifs is 1. The third-order valence-corrected chi connectivity index (χ3v) is 6.76. The highest BCUT2D eigenvalue weighted by molar-refractivity contribution is 7.19. The maximum Gasteiger partial charge on any atom is 0.226 e. The predicted octanol–water partition coefficient (Wildman–Crippen LogP) is 6.62. The van der Waals surface area contributed by atoms with E-state index in [1.165, 1.54) is 10.4 Å². The van der Waals surface area contributed by atoms with Gasteiger partial charge < -0.3 is 10.6 Å². The number of carbonyl (C=O) groups excluding carboxylic acids is 1. The number of hydrogen-bond acceptors (Lipinski definition) is 5. The Bertz CT molecular complexity index is 1220. The van der Waals surface area contributed by atoms with Gasteiger partial charge in [0.25, 0.3) is 0 Å². The lowest BCUT2D eigenvalue weighted by Crippen LogP contribution is -2.18. The standard InChI is InChI=1S/C26H28N4OS/c1-4-17(2)20-12-8-9-13-21(20)30-22(31)14-15-27-25-24-23(19-10-6-5-7-11-19)18(3)32-26(24)29-16-28-25/h5-13,16-17H,4,14-15H2,1-3H3,(H,30,31)(H,27,28,29). The molecule has 2 N–H and O–H groups in total. The summed E-state index contributed by atoms with van der Waals surface area (Å²) in [6.45, 7) is 6.94. The fourth-order valence-corrected chi connectivity index (χ4v) is 4.91. The molecule has 1 atom stereocenters. The third-order valence-electron chi connectivity index (χ3n) is 5.75. The molecule has 0 fully saturated rings. The molecule has 6 heteroatoms. The molecule has 0 saturated heterocycles. The molecule has 0 bridgehead atoms. The quantitative estimate of drug-likeness (QED) is 0.320. The first-order chi connectivity index (χ1) is 15.6. The summed E-state index contributed by atoms with van der Waals surface area (Å²) in [5.41, 5.74) is 4.38. The van der Waals surface area contributed by atoms with Crippen molar-refractivity contribution in [1.82, 2.24) is 9.97 Å². The molecule has 2 aromatic carbocycles. The summed E-state index contributed by atoms with van der Waals surface area (Å²) in [6, 6.07) is 18.3. The van der Waals surface area contributed by atoms with Crippen LogP contribution in [0.2, 0.25) is 0 Å². The van der Waals surface area contributed by atoms with Crippen LogP contribution in [0.4, 0.5) is 11.5 Å². The zero-order chi connectivity index (χ0) is 22.5. The first kappa shape index (κ1) is 22.0. The number of benzene rings is 2. The van der Waals surface area contributed by atoms with Crippen LogP contribution < -0.4 is 10.6 Å². The van der Waals surface area contributed by atoms with E-state index in [0.717, 1.165) is 39.3 Å². The molecule has 0 aliphatic rings. The summed E-state index contributed by atoms with van der Waals surface area (Å²) in [5, 5.41) is 7.47. The van der Waals surface area contributed by atoms with Gasteiger partial charge in [0.15, 0.2) is 0 Å². The van der Waals surface area contributed by atoms with Gasteiger partial charge >= 0.3 is 0 Å². The normalized spacial score (nSPS) is 12.0. The van der Waals surface area contributed by atoms with Gasteiger partial charge in [-0.15, -0.1) is 11.3 Å². The van der Waals surface area contributed by atoms with Gasteiger partial charge in [-0.25, -0.2) is 9.97 Å². The van der Waals surface area contributed by atoms with Gasteiger partial charge in [0.2, 0.25) is 5.91 Å². The van der Waals surface area contributed by atoms with Gasteiger partial charge in [0, 0.05) is 29.1 Å². The van der Waals surface area contributed by atoms with Gasteiger partial charge in [-0.1, -0.05) is 62.4 Å². The molecule has 0 spiro atoms. The second-order valence-corrected chi connectivity index (χ2v) is 9.13. The Balaban J connectivity index is 1.48. The Morgan fingerprint density at radius 3 is 2.59 bits per heavy atom. The lowest BCUT2D eigenvalue weighted by molar-refractivity contribution is -0.115. The summed E-state index contributed by atoms with van der Waals surface area (Å²) in [4.78, 5) is 23.8. The maximum absolute atomic E-state index is 12.6. The van der Waals surface area contributed by atoms with Crippen molar-refractivity contribution < 1.29 is 4.79 Å². The Morgan fingerprint density at radius 1 is 1.06 bits per heavy atom. The molecule has 1 unspecified atom stereocenters. The average Bonchev–Trinajstić information content (AvgIpc) is 3.16. The van der Waals surface area contributed by atoms with E-state index in [0.29, 0.717) is 18.9 Å². The summed E-state index contributed by atoms with van der Waals surface area (Å²) < 4.78 is 0. The number of carbonyl (C=O) groups is 1. The molecule has 1 amide bonds. The smallest absolute Gasteiger partial charge is 0.226 e. The summed E-state index contributed by atoms with van der Waals surface area (Å²) in [7, 11) is 0. The SMILES string of the molecule is CCC(C)c1ccccc1NC(=O)CCNc1ncnc2sc(C)c(-c3ccccc3)c12. The van der Waals surface area contributed by atoms with Gasteiger partial charge in [-0.2, -0.15) is 0 Å². The van der Waals surface area contributed by atoms with Gasteiger partial charge in [0.1, 0.15) is 17.0 Å². The van der Waals surface area contributed by atoms with Crippen LogP contribution in [0, 0.1) is 6.92 Å². The van der Waals surface area contributed by atoms with E-state index in [-0.39, 0.29) is 5.91 Å². The van der Waals surface area contributed by atoms with Crippen LogP contribution in [0.15, 0.2) is 60.9 Å². The summed E-state index contributed by atoms with van der Waals surface area (Å²) >= 11 is 1.67. The first-order valence-corrected chi connectivity index (χ1v) is 11.8. The fraction of sp³-hybridized carbons (Fsp3) is 0.269. The minimum atomic E-state index is -0.0108. The van der Waals surface area contributed by atoms with E-state index in [9.17, 15) is 4.79 Å². The molecule has 4 aromatic rings. The van der Waals surface area contributed by atoms with Crippen LogP contribution in [0.25, 0.3) is 21.3 Å². The number of para-hydroxylation sites is 1. The van der Waals surface area contributed by atoms with Crippen LogP contribution in [0.5, 0.6) is 0 Å². The highest BCUT2D eigenvalue weighted by Crippen LogP contribution is 2.40. The number of aryl methyl sites for hydroxylation is 1. The predicted molar refractivity (Wildman–Crippen MR) is 134 cm³/mol. The lowest BCUT2D eigenvalue weighted by Gasteiger charge is -2.16. The molecule has 0 aliphatic carbocycles. The van der Waals surface area contributed by atoms with Crippen LogP contribution in [-0.4, -0.2) is 22.4 Å². The number of thiophene rings is 1. The van der Waals surface area contributed by atoms with Crippen molar-refractivity contribution in [3.8, 4) is 11.1 Å². The average molecular weight is 445 g/mol. The van der Waals surface area contributed by atoms with E-state index in [2.05, 4.69) is 59.6 Å². The van der Waals surface area contributed by atoms with Crippen molar-refractivity contribution in [2.75, 3.05) is 17.2 Å². The molecular formula is C26H28N4OS. The van der Waals surface area contributed by atoms with Crippen LogP contribution in [0.1, 0.15) is 43.0 Å². The molecule has 4 rings (SSSR count). The minimum absolute atomic E-state index is 0.0108. The molecule has 2 aromatic heterocycles. The lowest BCUT2D eigenvalue weighted by atomic mass is 9.97. The highest BCUT2D eigenvalue weighted by atomic mass is 32.1. The van der Waals surface area contributed by atoms with E-state index in [1.54, 1.807) is 17.7 Å². The zero-order valence-corrected chi connectivity index (χ0v) is 19.5. The molecular weight excluding hydrogens is 416 g/mol. The number of hydrogen-bond donors (Lipinski definition) is 2. The highest BCUT2D eigenvalue weighted by Gasteiger charge is 2.17. The number of nitrogens with zero attached hydrogens (tertiary/aromatic N) is 2. The van der Waals surface area contributed by atoms with Crippen molar-refractivity contribution in [2.24, 2.45) is 0 Å². The number of aromatic nitrogens is 2. The Hall–Kier alpha value is -3.25. The topological polar surface area (TPSA) is 66.9 Å². The van der Waals surface area contributed by atoms with Crippen molar-refractivity contribution in [3.63, 3.8) is 0 Å². The van der Waals surface area contributed by atoms with Crippen molar-refractivity contribution in [2.45, 2.75) is 39.5 Å². The zero-order valence-electron chi connectivity index (χ0n) is 18.7. The van der Waals surface area contributed by atoms with E-state index < -0.39 is 0 Å². The first-order valence-electron chi connectivity index (χ1n) is 11.0. The van der Waals surface area contributed by atoms with Crippen LogP contribution >= 0.6 is 11.3 Å². The minimum Gasteiger partial charge on any atom is -0.369 e. The molecule has 164 valence electrons. The van der Waals surface area contributed by atoms with Gasteiger partial charge in [0.05, 0.1) is 5.39 Å². The largest absolute Gasteiger partial charge is 0.369 e. The van der Waals surface area contributed by atoms with Crippen LogP contribution in [-0.2, 0) is 4.79 Å². The number of amides is 1. The van der Waals surface area contributed by atoms with Crippen LogP contribution in [0.3, 0.4) is 0 Å². The molecule has 0 aliphatic heterocycles. The Morgan fingerprint density at radius 2 is 1.81 bits per heavy atom. The number of rotatable bonds is 8. The van der Waals surface area contributed by atoms with Crippen molar-refractivity contribution in [3.05, 3.63) is 71.4 Å². The monoisotopic (exact) mass is 444 g/mol. The number of anilines is 2.